The average Bonchev–Trinajstić information content (AvgIpc) is 3.01. The molecule has 2 aromatic carbocycles. The molecule has 132 valence electrons. The second kappa shape index (κ2) is 7.85. The lowest BCUT2D eigenvalue weighted by Crippen LogP contribution is -2.12. The topological polar surface area (TPSA) is 105 Å². The van der Waals surface area contributed by atoms with Crippen molar-refractivity contribution in [2.24, 2.45) is 0 Å². The van der Waals surface area contributed by atoms with Crippen LogP contribution in [-0.2, 0) is 0 Å². The number of nitro groups is 1. The van der Waals surface area contributed by atoms with Gasteiger partial charge in [-0.25, -0.2) is 4.98 Å². The Morgan fingerprint density at radius 2 is 2.00 bits per heavy atom. The number of anilines is 1. The van der Waals surface area contributed by atoms with E-state index in [4.69, 9.17) is 0 Å². The quantitative estimate of drug-likeness (QED) is 0.421. The van der Waals surface area contributed by atoms with Crippen molar-refractivity contribution in [2.75, 3.05) is 5.32 Å². The van der Waals surface area contributed by atoms with E-state index < -0.39 is 10.8 Å². The van der Waals surface area contributed by atoms with Crippen LogP contribution >= 0.6 is 39.0 Å². The summed E-state index contributed by atoms with van der Waals surface area (Å²) < 4.78 is 0.763. The van der Waals surface area contributed by atoms with E-state index in [0.717, 1.165) is 8.68 Å². The van der Waals surface area contributed by atoms with Crippen molar-refractivity contribution < 1.29 is 14.8 Å². The van der Waals surface area contributed by atoms with Crippen LogP contribution in [0.25, 0.3) is 0 Å². The summed E-state index contributed by atoms with van der Waals surface area (Å²) in [6.45, 7) is 0. The molecule has 0 aliphatic rings. The van der Waals surface area contributed by atoms with Gasteiger partial charge in [0.2, 0.25) is 0 Å². The molecule has 2 N–H and O–H groups in total. The molecule has 0 saturated carbocycles. The Bertz CT molecular complexity index is 976. The number of aromatic hydroxyl groups is 1. The van der Waals surface area contributed by atoms with Gasteiger partial charge in [0.1, 0.15) is 5.75 Å². The Labute approximate surface area is 164 Å². The van der Waals surface area contributed by atoms with Crippen molar-refractivity contribution >= 4 is 55.8 Å². The molecule has 0 unspecified atom stereocenters. The van der Waals surface area contributed by atoms with Gasteiger partial charge < -0.3 is 5.11 Å². The van der Waals surface area contributed by atoms with Crippen molar-refractivity contribution in [3.8, 4) is 5.75 Å². The van der Waals surface area contributed by atoms with Crippen LogP contribution in [0.1, 0.15) is 10.4 Å². The first kappa shape index (κ1) is 18.4. The summed E-state index contributed by atoms with van der Waals surface area (Å²) in [5.41, 5.74) is -0.00544. The zero-order valence-corrected chi connectivity index (χ0v) is 16.1. The third kappa shape index (κ3) is 4.40. The van der Waals surface area contributed by atoms with Crippen molar-refractivity contribution in [1.29, 1.82) is 0 Å². The highest BCUT2D eigenvalue weighted by Crippen LogP contribution is 2.36. The standard InChI is InChI=1S/C16H10BrN3O4S2/c17-14-8-18-16(26-14)19-15(22)9-1-6-13(12(7-9)20(23)24)25-11-4-2-10(21)3-5-11/h1-8,21H,(H,18,19,22). The molecule has 7 nitrogen and oxygen atoms in total. The summed E-state index contributed by atoms with van der Waals surface area (Å²) in [5, 5.41) is 23.7. The van der Waals surface area contributed by atoms with Crippen LogP contribution in [0.3, 0.4) is 0 Å². The van der Waals surface area contributed by atoms with Gasteiger partial charge in [-0.15, -0.1) is 0 Å². The van der Waals surface area contributed by atoms with Crippen molar-refractivity contribution in [1.82, 2.24) is 4.98 Å². The molecule has 0 aliphatic carbocycles. The zero-order chi connectivity index (χ0) is 18.7. The molecule has 0 aliphatic heterocycles. The Morgan fingerprint density at radius 1 is 1.27 bits per heavy atom. The molecule has 1 amide bonds. The van der Waals surface area contributed by atoms with Crippen molar-refractivity contribution in [2.45, 2.75) is 9.79 Å². The molecule has 0 fully saturated rings. The van der Waals surface area contributed by atoms with Gasteiger partial charge in [-0.05, 0) is 52.3 Å². The maximum absolute atomic E-state index is 12.3. The number of hydrogen-bond donors (Lipinski definition) is 2. The first-order valence-electron chi connectivity index (χ1n) is 7.10. The summed E-state index contributed by atoms with van der Waals surface area (Å²) in [4.78, 5) is 28.3. The lowest BCUT2D eigenvalue weighted by molar-refractivity contribution is -0.387. The number of amides is 1. The number of benzene rings is 2. The van der Waals surface area contributed by atoms with Crippen LogP contribution in [0.15, 0.2) is 62.2 Å². The molecular formula is C16H10BrN3O4S2. The van der Waals surface area contributed by atoms with Gasteiger partial charge in [0.05, 0.1) is 19.8 Å². The normalized spacial score (nSPS) is 10.5. The van der Waals surface area contributed by atoms with Crippen molar-refractivity contribution in [3.05, 3.63) is 68.1 Å². The van der Waals surface area contributed by atoms with E-state index in [1.165, 1.54) is 53.4 Å². The monoisotopic (exact) mass is 451 g/mol. The van der Waals surface area contributed by atoms with Crippen molar-refractivity contribution in [3.63, 3.8) is 0 Å². The van der Waals surface area contributed by atoms with Gasteiger partial charge in [-0.3, -0.25) is 20.2 Å². The Morgan fingerprint density at radius 3 is 2.62 bits per heavy atom. The minimum atomic E-state index is -0.528. The first-order chi connectivity index (χ1) is 12.4. The maximum Gasteiger partial charge on any atom is 0.284 e. The number of carbonyl (C=O) groups excluding carboxylic acids is 1. The van der Waals surface area contributed by atoms with E-state index in [2.05, 4.69) is 26.2 Å². The fourth-order valence-corrected chi connectivity index (χ4v) is 4.01. The number of phenols is 1. The molecule has 0 spiro atoms. The van der Waals surface area contributed by atoms with Gasteiger partial charge in [0.15, 0.2) is 5.13 Å². The summed E-state index contributed by atoms with van der Waals surface area (Å²) in [6.07, 6.45) is 1.56. The molecule has 0 atom stereocenters. The third-order valence-corrected chi connectivity index (χ3v) is 5.64. The lowest BCUT2D eigenvalue weighted by Gasteiger charge is -2.06. The Kier molecular flexibility index (Phi) is 5.55. The van der Waals surface area contributed by atoms with E-state index >= 15 is 0 Å². The van der Waals surface area contributed by atoms with Gasteiger partial charge in [-0.2, -0.15) is 0 Å². The van der Waals surface area contributed by atoms with Crippen LogP contribution in [0.5, 0.6) is 5.75 Å². The molecular weight excluding hydrogens is 442 g/mol. The summed E-state index contributed by atoms with van der Waals surface area (Å²) in [6, 6.07) is 10.6. The van der Waals surface area contributed by atoms with Gasteiger partial charge in [0.25, 0.3) is 11.6 Å². The van der Waals surface area contributed by atoms with Gasteiger partial charge >= 0.3 is 0 Å². The predicted octanol–water partition coefficient (Wildman–Crippen LogP) is 4.92. The highest BCUT2D eigenvalue weighted by atomic mass is 79.9. The highest BCUT2D eigenvalue weighted by molar-refractivity contribution is 9.11. The fourth-order valence-electron chi connectivity index (χ4n) is 2.01. The molecule has 1 aromatic heterocycles. The number of hydrogen-bond acceptors (Lipinski definition) is 7. The Hall–Kier alpha value is -2.43. The van der Waals surface area contributed by atoms with Crippen LogP contribution in [0, 0.1) is 10.1 Å². The van der Waals surface area contributed by atoms with Gasteiger partial charge in [-0.1, -0.05) is 23.1 Å². The van der Waals surface area contributed by atoms with Crippen LogP contribution in [0.4, 0.5) is 10.8 Å². The molecule has 26 heavy (non-hydrogen) atoms. The molecule has 10 heteroatoms. The van der Waals surface area contributed by atoms with Crippen LogP contribution in [-0.4, -0.2) is 20.9 Å². The number of phenolic OH excluding ortho intramolecular Hbond substituents is 1. The lowest BCUT2D eigenvalue weighted by atomic mass is 10.2. The van der Waals surface area contributed by atoms with Crippen LogP contribution in [0.2, 0.25) is 0 Å². The SMILES string of the molecule is O=C(Nc1ncc(Br)s1)c1ccc(Sc2ccc(O)cc2)c([N+](=O)[O-])c1. The number of aromatic nitrogens is 1. The molecule has 1 heterocycles. The molecule has 0 saturated heterocycles. The van der Waals surface area contributed by atoms with E-state index in [-0.39, 0.29) is 17.0 Å². The largest absolute Gasteiger partial charge is 0.508 e. The average molecular weight is 452 g/mol. The van der Waals surface area contributed by atoms with E-state index in [9.17, 15) is 20.0 Å². The predicted molar refractivity (Wildman–Crippen MR) is 103 cm³/mol. The second-order valence-electron chi connectivity index (χ2n) is 4.96. The number of thiazole rings is 1. The molecule has 3 aromatic rings. The highest BCUT2D eigenvalue weighted by Gasteiger charge is 2.19. The minimum Gasteiger partial charge on any atom is -0.508 e. The number of nitro benzene ring substituents is 1. The minimum absolute atomic E-state index is 0.115. The molecule has 0 radical (unpaired) electrons. The van der Waals surface area contributed by atoms with E-state index in [0.29, 0.717) is 10.0 Å². The Balaban J connectivity index is 1.85. The third-order valence-electron chi connectivity index (χ3n) is 3.18. The fraction of sp³-hybridized carbons (Fsp3) is 0. The molecule has 0 bridgehead atoms. The summed E-state index contributed by atoms with van der Waals surface area (Å²) in [5.74, 6) is -0.360. The van der Waals surface area contributed by atoms with Gasteiger partial charge in [0, 0.05) is 16.5 Å². The summed E-state index contributed by atoms with van der Waals surface area (Å²) in [7, 11) is 0. The number of rotatable bonds is 5. The van der Waals surface area contributed by atoms with E-state index in [1.807, 2.05) is 0 Å². The van der Waals surface area contributed by atoms with Crippen LogP contribution < -0.4 is 5.32 Å². The number of carbonyl (C=O) groups is 1. The number of halogens is 1. The number of nitrogens with one attached hydrogen (secondary N) is 1. The second-order valence-corrected chi connectivity index (χ2v) is 8.48. The maximum atomic E-state index is 12.3. The first-order valence-corrected chi connectivity index (χ1v) is 9.53. The smallest absolute Gasteiger partial charge is 0.284 e. The summed E-state index contributed by atoms with van der Waals surface area (Å²) >= 11 is 5.67. The zero-order valence-electron chi connectivity index (χ0n) is 12.9. The number of nitrogens with zero attached hydrogens (tertiary/aromatic N) is 2. The van der Waals surface area contributed by atoms with E-state index in [1.54, 1.807) is 18.3 Å². The molecule has 3 rings (SSSR count).